The van der Waals surface area contributed by atoms with Crippen LogP contribution in [0.4, 0.5) is 5.69 Å². The number of pyridine rings is 1. The average Bonchev–Trinajstić information content (AvgIpc) is 2.66. The van der Waals surface area contributed by atoms with Crippen LogP contribution >= 0.6 is 11.6 Å². The van der Waals surface area contributed by atoms with Crippen LogP contribution in [0.1, 0.15) is 12.1 Å². The van der Waals surface area contributed by atoms with Gasteiger partial charge in [0.15, 0.2) is 0 Å². The second-order valence-electron chi connectivity index (χ2n) is 3.61. The van der Waals surface area contributed by atoms with E-state index in [1.807, 2.05) is 0 Å². The van der Waals surface area contributed by atoms with Crippen LogP contribution < -0.4 is 5.32 Å². The molecule has 0 spiro atoms. The van der Waals surface area contributed by atoms with Gasteiger partial charge in [-0.2, -0.15) is 0 Å². The van der Waals surface area contributed by atoms with Gasteiger partial charge >= 0.3 is 0 Å². The molecule has 1 atom stereocenters. The molecule has 15 heavy (non-hydrogen) atoms. The SMILES string of the molecule is CNc1ccc(Cl)nc1C1(O)CCOC1. The standard InChI is InChI=1S/C10H13ClN2O2/c1-12-7-2-3-8(11)13-9(7)10(14)4-5-15-6-10/h2-3,12,14H,4-6H2,1H3. The van der Waals surface area contributed by atoms with Crippen LogP contribution in [0.15, 0.2) is 12.1 Å². The quantitative estimate of drug-likeness (QED) is 0.751. The highest BCUT2D eigenvalue weighted by molar-refractivity contribution is 6.29. The minimum atomic E-state index is -1.01. The number of nitrogens with one attached hydrogen (secondary N) is 1. The number of aliphatic hydroxyl groups is 1. The monoisotopic (exact) mass is 228 g/mol. The zero-order valence-electron chi connectivity index (χ0n) is 8.46. The molecule has 2 rings (SSSR count). The molecule has 5 heteroatoms. The second kappa shape index (κ2) is 3.96. The Morgan fingerprint density at radius 3 is 3.00 bits per heavy atom. The van der Waals surface area contributed by atoms with Crippen molar-refractivity contribution in [2.45, 2.75) is 12.0 Å². The molecule has 2 heterocycles. The van der Waals surface area contributed by atoms with E-state index in [2.05, 4.69) is 10.3 Å². The molecule has 1 unspecified atom stereocenters. The Morgan fingerprint density at radius 2 is 2.40 bits per heavy atom. The van der Waals surface area contributed by atoms with E-state index in [-0.39, 0.29) is 6.61 Å². The zero-order valence-corrected chi connectivity index (χ0v) is 9.21. The molecule has 1 aromatic heterocycles. The van der Waals surface area contributed by atoms with Gasteiger partial charge in [0.1, 0.15) is 10.8 Å². The highest BCUT2D eigenvalue weighted by atomic mass is 35.5. The third kappa shape index (κ3) is 1.93. The van der Waals surface area contributed by atoms with Gasteiger partial charge < -0.3 is 15.2 Å². The number of rotatable bonds is 2. The van der Waals surface area contributed by atoms with Crippen molar-refractivity contribution in [1.29, 1.82) is 0 Å². The van der Waals surface area contributed by atoms with E-state index in [1.165, 1.54) is 0 Å². The van der Waals surface area contributed by atoms with Gasteiger partial charge in [0.05, 0.1) is 18.0 Å². The summed E-state index contributed by atoms with van der Waals surface area (Å²) < 4.78 is 5.19. The molecule has 1 aliphatic heterocycles. The Labute approximate surface area is 93.2 Å². The maximum atomic E-state index is 10.3. The first-order chi connectivity index (χ1) is 7.15. The highest BCUT2D eigenvalue weighted by Gasteiger charge is 2.37. The van der Waals surface area contributed by atoms with E-state index in [0.717, 1.165) is 5.69 Å². The van der Waals surface area contributed by atoms with E-state index in [4.69, 9.17) is 16.3 Å². The Kier molecular flexibility index (Phi) is 2.82. The first-order valence-electron chi connectivity index (χ1n) is 4.80. The van der Waals surface area contributed by atoms with Gasteiger partial charge in [-0.15, -0.1) is 0 Å². The van der Waals surface area contributed by atoms with E-state index >= 15 is 0 Å². The fourth-order valence-electron chi connectivity index (χ4n) is 1.73. The molecule has 1 aromatic rings. The summed E-state index contributed by atoms with van der Waals surface area (Å²) in [4.78, 5) is 4.17. The van der Waals surface area contributed by atoms with Crippen LogP contribution in [-0.2, 0) is 10.3 Å². The molecule has 1 aliphatic rings. The van der Waals surface area contributed by atoms with Crippen LogP contribution in [0.5, 0.6) is 0 Å². The topological polar surface area (TPSA) is 54.4 Å². The summed E-state index contributed by atoms with van der Waals surface area (Å²) in [6.45, 7) is 0.822. The normalized spacial score (nSPS) is 25.5. The molecule has 0 bridgehead atoms. The Balaban J connectivity index is 2.44. The van der Waals surface area contributed by atoms with Crippen molar-refractivity contribution in [1.82, 2.24) is 4.98 Å². The largest absolute Gasteiger partial charge is 0.387 e. The number of ether oxygens (including phenoxy) is 1. The highest BCUT2D eigenvalue weighted by Crippen LogP contribution is 2.34. The molecule has 2 N–H and O–H groups in total. The van der Waals surface area contributed by atoms with Gasteiger partial charge in [0.2, 0.25) is 0 Å². The first-order valence-corrected chi connectivity index (χ1v) is 5.18. The molecule has 0 amide bonds. The van der Waals surface area contributed by atoms with E-state index in [1.54, 1.807) is 19.2 Å². The summed E-state index contributed by atoms with van der Waals surface area (Å²) in [5, 5.41) is 13.7. The van der Waals surface area contributed by atoms with Crippen molar-refractivity contribution in [3.05, 3.63) is 23.0 Å². The zero-order chi connectivity index (χ0) is 10.9. The van der Waals surface area contributed by atoms with Gasteiger partial charge in [-0.25, -0.2) is 4.98 Å². The summed E-state index contributed by atoms with van der Waals surface area (Å²) in [5.41, 5.74) is 0.339. The predicted octanol–water partition coefficient (Wildman–Crippen LogP) is 1.38. The summed E-state index contributed by atoms with van der Waals surface area (Å²) >= 11 is 5.82. The minimum absolute atomic E-state index is 0.273. The molecule has 0 radical (unpaired) electrons. The Morgan fingerprint density at radius 1 is 1.60 bits per heavy atom. The van der Waals surface area contributed by atoms with Crippen molar-refractivity contribution >= 4 is 17.3 Å². The summed E-state index contributed by atoms with van der Waals surface area (Å²) in [6, 6.07) is 3.50. The molecule has 0 aliphatic carbocycles. The van der Waals surface area contributed by atoms with Crippen LogP contribution in [0.3, 0.4) is 0 Å². The molecule has 0 aromatic carbocycles. The van der Waals surface area contributed by atoms with Crippen molar-refractivity contribution in [3.63, 3.8) is 0 Å². The number of aromatic nitrogens is 1. The molecule has 1 saturated heterocycles. The summed E-state index contributed by atoms with van der Waals surface area (Å²) in [6.07, 6.45) is 0.551. The van der Waals surface area contributed by atoms with Crippen LogP contribution in [0.2, 0.25) is 5.15 Å². The van der Waals surface area contributed by atoms with Crippen molar-refractivity contribution in [3.8, 4) is 0 Å². The average molecular weight is 229 g/mol. The molecule has 82 valence electrons. The molecule has 1 fully saturated rings. The number of halogens is 1. The van der Waals surface area contributed by atoms with E-state index in [0.29, 0.717) is 23.9 Å². The lowest BCUT2D eigenvalue weighted by Gasteiger charge is -2.22. The van der Waals surface area contributed by atoms with Crippen molar-refractivity contribution in [2.75, 3.05) is 25.6 Å². The van der Waals surface area contributed by atoms with Crippen LogP contribution in [-0.4, -0.2) is 30.4 Å². The van der Waals surface area contributed by atoms with Gasteiger partial charge in [-0.3, -0.25) is 0 Å². The van der Waals surface area contributed by atoms with Gasteiger partial charge in [0, 0.05) is 20.1 Å². The lowest BCUT2D eigenvalue weighted by atomic mass is 9.97. The fraction of sp³-hybridized carbons (Fsp3) is 0.500. The molecule has 4 nitrogen and oxygen atoms in total. The number of anilines is 1. The van der Waals surface area contributed by atoms with Crippen molar-refractivity contribution in [2.24, 2.45) is 0 Å². The number of hydrogen-bond donors (Lipinski definition) is 2. The maximum absolute atomic E-state index is 10.3. The molecular formula is C10H13ClN2O2. The van der Waals surface area contributed by atoms with Crippen molar-refractivity contribution < 1.29 is 9.84 Å². The smallest absolute Gasteiger partial charge is 0.134 e. The minimum Gasteiger partial charge on any atom is -0.387 e. The second-order valence-corrected chi connectivity index (χ2v) is 4.00. The third-order valence-electron chi connectivity index (χ3n) is 2.57. The fourth-order valence-corrected chi connectivity index (χ4v) is 1.88. The molecule has 0 saturated carbocycles. The Hall–Kier alpha value is -0.840. The first kappa shape index (κ1) is 10.7. The van der Waals surface area contributed by atoms with Gasteiger partial charge in [-0.05, 0) is 12.1 Å². The predicted molar refractivity (Wildman–Crippen MR) is 58.1 cm³/mol. The summed E-state index contributed by atoms with van der Waals surface area (Å²) in [5.74, 6) is 0. The Bertz CT molecular complexity index is 364. The van der Waals surface area contributed by atoms with Gasteiger partial charge in [-0.1, -0.05) is 11.6 Å². The lowest BCUT2D eigenvalue weighted by Crippen LogP contribution is -2.28. The lowest BCUT2D eigenvalue weighted by molar-refractivity contribution is 0.0201. The van der Waals surface area contributed by atoms with Crippen LogP contribution in [0.25, 0.3) is 0 Å². The van der Waals surface area contributed by atoms with E-state index < -0.39 is 5.60 Å². The number of nitrogens with zero attached hydrogens (tertiary/aromatic N) is 1. The van der Waals surface area contributed by atoms with Gasteiger partial charge in [0.25, 0.3) is 0 Å². The van der Waals surface area contributed by atoms with Crippen LogP contribution in [0, 0.1) is 0 Å². The third-order valence-corrected chi connectivity index (χ3v) is 2.78. The summed E-state index contributed by atoms with van der Waals surface area (Å²) in [7, 11) is 1.79. The van der Waals surface area contributed by atoms with E-state index in [9.17, 15) is 5.11 Å². The number of hydrogen-bond acceptors (Lipinski definition) is 4. The maximum Gasteiger partial charge on any atom is 0.134 e. The molecular weight excluding hydrogens is 216 g/mol.